The van der Waals surface area contributed by atoms with Crippen LogP contribution in [0.25, 0.3) is 0 Å². The molecular formula is C11H15NO2S. The van der Waals surface area contributed by atoms with Gasteiger partial charge in [-0.15, -0.1) is 0 Å². The van der Waals surface area contributed by atoms with Crippen molar-refractivity contribution >= 4 is 17.7 Å². The Morgan fingerprint density at radius 2 is 2.40 bits per heavy atom. The molecule has 0 fully saturated rings. The van der Waals surface area contributed by atoms with Crippen molar-refractivity contribution in [2.75, 3.05) is 0 Å². The Hall–Kier alpha value is -1.03. The molecule has 1 N–H and O–H groups in total. The standard InChI is InChI=1S/C11H15NO2S/c1-2-3-6-9(11(13)14)15-10-7-4-5-8-12-10/h4-5,7-9H,2-3,6H2,1H3,(H,13,14). The van der Waals surface area contributed by atoms with Crippen LogP contribution in [-0.2, 0) is 4.79 Å². The maximum atomic E-state index is 11.0. The number of aliphatic carboxylic acids is 1. The van der Waals surface area contributed by atoms with Crippen molar-refractivity contribution in [1.29, 1.82) is 0 Å². The maximum absolute atomic E-state index is 11.0. The van der Waals surface area contributed by atoms with E-state index in [1.54, 1.807) is 6.20 Å². The monoisotopic (exact) mass is 225 g/mol. The van der Waals surface area contributed by atoms with Gasteiger partial charge in [-0.2, -0.15) is 0 Å². The van der Waals surface area contributed by atoms with Gasteiger partial charge in [0.15, 0.2) is 0 Å². The van der Waals surface area contributed by atoms with Crippen LogP contribution in [0.3, 0.4) is 0 Å². The molecule has 0 aromatic carbocycles. The number of hydrogen-bond donors (Lipinski definition) is 1. The average molecular weight is 225 g/mol. The lowest BCUT2D eigenvalue weighted by atomic mass is 10.2. The highest BCUT2D eigenvalue weighted by molar-refractivity contribution is 8.00. The van der Waals surface area contributed by atoms with Crippen LogP contribution in [-0.4, -0.2) is 21.3 Å². The Balaban J connectivity index is 2.55. The Bertz CT molecular complexity index is 303. The van der Waals surface area contributed by atoms with Crippen LogP contribution in [0.2, 0.25) is 0 Å². The summed E-state index contributed by atoms with van der Waals surface area (Å²) in [6, 6.07) is 5.53. The molecule has 4 heteroatoms. The Morgan fingerprint density at radius 3 is 2.93 bits per heavy atom. The van der Waals surface area contributed by atoms with Crippen LogP contribution in [0, 0.1) is 0 Å². The molecule has 1 aromatic heterocycles. The molecule has 0 aliphatic carbocycles. The van der Waals surface area contributed by atoms with Crippen molar-refractivity contribution in [3.05, 3.63) is 24.4 Å². The molecular weight excluding hydrogens is 210 g/mol. The highest BCUT2D eigenvalue weighted by atomic mass is 32.2. The number of carboxylic acids is 1. The quantitative estimate of drug-likeness (QED) is 0.756. The number of carbonyl (C=O) groups is 1. The first-order chi connectivity index (χ1) is 7.24. The number of unbranched alkanes of at least 4 members (excludes halogenated alkanes) is 1. The van der Waals surface area contributed by atoms with Crippen molar-refractivity contribution in [1.82, 2.24) is 4.98 Å². The van der Waals surface area contributed by atoms with Gasteiger partial charge < -0.3 is 5.11 Å². The maximum Gasteiger partial charge on any atom is 0.317 e. The summed E-state index contributed by atoms with van der Waals surface area (Å²) in [6.45, 7) is 2.06. The second kappa shape index (κ2) is 6.45. The average Bonchev–Trinajstić information content (AvgIpc) is 2.25. The molecule has 0 radical (unpaired) electrons. The SMILES string of the molecule is CCCCC(Sc1ccccn1)C(=O)O. The van der Waals surface area contributed by atoms with Gasteiger partial charge in [-0.05, 0) is 18.6 Å². The minimum Gasteiger partial charge on any atom is -0.480 e. The lowest BCUT2D eigenvalue weighted by molar-refractivity contribution is -0.136. The van der Waals surface area contributed by atoms with E-state index >= 15 is 0 Å². The number of carboxylic acid groups (broad SMARTS) is 1. The van der Waals surface area contributed by atoms with E-state index in [-0.39, 0.29) is 5.25 Å². The molecule has 15 heavy (non-hydrogen) atoms. The molecule has 1 unspecified atom stereocenters. The fourth-order valence-corrected chi connectivity index (χ4v) is 2.14. The molecule has 0 aliphatic heterocycles. The van der Waals surface area contributed by atoms with E-state index < -0.39 is 5.97 Å². The van der Waals surface area contributed by atoms with E-state index in [1.165, 1.54) is 11.8 Å². The van der Waals surface area contributed by atoms with E-state index in [9.17, 15) is 4.79 Å². The van der Waals surface area contributed by atoms with E-state index in [4.69, 9.17) is 5.11 Å². The number of rotatable bonds is 6. The zero-order valence-electron chi connectivity index (χ0n) is 8.72. The molecule has 1 rings (SSSR count). The van der Waals surface area contributed by atoms with Crippen LogP contribution in [0.4, 0.5) is 0 Å². The summed E-state index contributed by atoms with van der Waals surface area (Å²) in [7, 11) is 0. The minimum atomic E-state index is -0.751. The summed E-state index contributed by atoms with van der Waals surface area (Å²) in [4.78, 5) is 15.1. The van der Waals surface area contributed by atoms with Gasteiger partial charge in [0.05, 0.1) is 5.03 Å². The van der Waals surface area contributed by atoms with Gasteiger partial charge in [-0.25, -0.2) is 4.98 Å². The first kappa shape index (κ1) is 12.0. The number of pyridine rings is 1. The molecule has 1 aromatic rings. The molecule has 0 saturated heterocycles. The molecule has 82 valence electrons. The van der Waals surface area contributed by atoms with Crippen LogP contribution < -0.4 is 0 Å². The van der Waals surface area contributed by atoms with Gasteiger partial charge in [0.25, 0.3) is 0 Å². The van der Waals surface area contributed by atoms with Gasteiger partial charge in [0, 0.05) is 6.20 Å². The fraction of sp³-hybridized carbons (Fsp3) is 0.455. The zero-order valence-corrected chi connectivity index (χ0v) is 9.54. The first-order valence-corrected chi connectivity index (χ1v) is 5.92. The summed E-state index contributed by atoms with van der Waals surface area (Å²) in [5, 5.41) is 9.42. The summed E-state index contributed by atoms with van der Waals surface area (Å²) < 4.78 is 0. The topological polar surface area (TPSA) is 50.2 Å². The van der Waals surface area contributed by atoms with Gasteiger partial charge in [-0.1, -0.05) is 37.6 Å². The van der Waals surface area contributed by atoms with Crippen molar-refractivity contribution < 1.29 is 9.90 Å². The molecule has 1 heterocycles. The molecule has 0 amide bonds. The number of thioether (sulfide) groups is 1. The second-order valence-electron chi connectivity index (χ2n) is 3.25. The Kier molecular flexibility index (Phi) is 5.18. The lowest BCUT2D eigenvalue weighted by Gasteiger charge is -2.10. The van der Waals surface area contributed by atoms with Crippen LogP contribution in [0.1, 0.15) is 26.2 Å². The summed E-state index contributed by atoms with van der Waals surface area (Å²) in [6.07, 6.45) is 4.34. The molecule has 3 nitrogen and oxygen atoms in total. The minimum absolute atomic E-state index is 0.375. The molecule has 0 bridgehead atoms. The summed E-state index contributed by atoms with van der Waals surface area (Å²) >= 11 is 1.33. The number of nitrogens with zero attached hydrogens (tertiary/aromatic N) is 1. The third-order valence-electron chi connectivity index (χ3n) is 2.00. The van der Waals surface area contributed by atoms with Crippen molar-refractivity contribution in [2.24, 2.45) is 0 Å². The lowest BCUT2D eigenvalue weighted by Crippen LogP contribution is -2.16. The predicted molar refractivity (Wildman–Crippen MR) is 61.0 cm³/mol. The Labute approximate surface area is 93.9 Å². The van der Waals surface area contributed by atoms with Gasteiger partial charge in [0.1, 0.15) is 5.25 Å². The molecule has 1 atom stereocenters. The second-order valence-corrected chi connectivity index (χ2v) is 4.48. The first-order valence-electron chi connectivity index (χ1n) is 5.04. The van der Waals surface area contributed by atoms with Crippen LogP contribution in [0.5, 0.6) is 0 Å². The molecule has 0 spiro atoms. The molecule has 0 saturated carbocycles. The number of aromatic nitrogens is 1. The van der Waals surface area contributed by atoms with Crippen LogP contribution in [0.15, 0.2) is 29.4 Å². The van der Waals surface area contributed by atoms with E-state index in [0.717, 1.165) is 17.9 Å². The van der Waals surface area contributed by atoms with Gasteiger partial charge >= 0.3 is 5.97 Å². The highest BCUT2D eigenvalue weighted by Crippen LogP contribution is 2.24. The van der Waals surface area contributed by atoms with Crippen molar-refractivity contribution in [3.8, 4) is 0 Å². The molecule has 0 aliphatic rings. The summed E-state index contributed by atoms with van der Waals surface area (Å²) in [5.74, 6) is -0.751. The number of hydrogen-bond acceptors (Lipinski definition) is 3. The predicted octanol–water partition coefficient (Wildman–Crippen LogP) is 2.82. The van der Waals surface area contributed by atoms with E-state index in [2.05, 4.69) is 11.9 Å². The highest BCUT2D eigenvalue weighted by Gasteiger charge is 2.18. The largest absolute Gasteiger partial charge is 0.480 e. The van der Waals surface area contributed by atoms with Crippen molar-refractivity contribution in [3.63, 3.8) is 0 Å². The zero-order chi connectivity index (χ0) is 11.1. The van der Waals surface area contributed by atoms with E-state index in [1.807, 2.05) is 18.2 Å². The van der Waals surface area contributed by atoms with E-state index in [0.29, 0.717) is 6.42 Å². The summed E-state index contributed by atoms with van der Waals surface area (Å²) in [5.41, 5.74) is 0. The Morgan fingerprint density at radius 1 is 1.60 bits per heavy atom. The fourth-order valence-electron chi connectivity index (χ4n) is 1.18. The third-order valence-corrected chi connectivity index (χ3v) is 3.20. The normalized spacial score (nSPS) is 12.3. The third kappa shape index (κ3) is 4.34. The van der Waals surface area contributed by atoms with Gasteiger partial charge in [-0.3, -0.25) is 4.79 Å². The van der Waals surface area contributed by atoms with Crippen LogP contribution >= 0.6 is 11.8 Å². The smallest absolute Gasteiger partial charge is 0.317 e. The van der Waals surface area contributed by atoms with Gasteiger partial charge in [0.2, 0.25) is 0 Å². The van der Waals surface area contributed by atoms with Crippen molar-refractivity contribution in [2.45, 2.75) is 36.5 Å².